The summed E-state index contributed by atoms with van der Waals surface area (Å²) in [5.74, 6) is 0.197. The summed E-state index contributed by atoms with van der Waals surface area (Å²) >= 11 is 1.49. The number of fused-ring (bicyclic) bond motifs is 1. The van der Waals surface area contributed by atoms with E-state index in [4.69, 9.17) is 4.74 Å². The van der Waals surface area contributed by atoms with Crippen molar-refractivity contribution in [2.45, 2.75) is 76.3 Å². The summed E-state index contributed by atoms with van der Waals surface area (Å²) in [5, 5.41) is 7.67. The van der Waals surface area contributed by atoms with E-state index < -0.39 is 5.54 Å². The molecule has 2 saturated heterocycles. The normalized spacial score (nSPS) is 19.6. The van der Waals surface area contributed by atoms with E-state index >= 15 is 0 Å². The number of carbonyl (C=O) groups is 3. The number of ether oxygens (including phenoxy) is 1. The number of nitrogens with zero attached hydrogens (tertiary/aromatic N) is 2. The Morgan fingerprint density at radius 2 is 1.72 bits per heavy atom. The van der Waals surface area contributed by atoms with Crippen molar-refractivity contribution in [2.75, 3.05) is 45.9 Å². The van der Waals surface area contributed by atoms with Gasteiger partial charge in [-0.25, -0.2) is 0 Å². The molecule has 3 fully saturated rings. The molecule has 8 nitrogen and oxygen atoms in total. The molecule has 1 atom stereocenters. The van der Waals surface area contributed by atoms with Crippen LogP contribution in [0.25, 0.3) is 10.1 Å². The van der Waals surface area contributed by atoms with Crippen LogP contribution in [0.5, 0.6) is 0 Å². The van der Waals surface area contributed by atoms with Crippen molar-refractivity contribution in [1.82, 2.24) is 20.4 Å². The Kier molecular flexibility index (Phi) is 10.7. The van der Waals surface area contributed by atoms with Crippen LogP contribution in [0.1, 0.15) is 72.2 Å². The van der Waals surface area contributed by atoms with Crippen LogP contribution < -0.4 is 10.6 Å². The maximum atomic E-state index is 14.1. The molecule has 6 rings (SSSR count). The highest BCUT2D eigenvalue weighted by Gasteiger charge is 2.43. The number of amides is 3. The molecule has 1 saturated carbocycles. The van der Waals surface area contributed by atoms with Gasteiger partial charge in [0.05, 0.1) is 18.1 Å². The maximum absolute atomic E-state index is 14.1. The zero-order valence-corrected chi connectivity index (χ0v) is 27.9. The molecule has 0 unspecified atom stereocenters. The van der Waals surface area contributed by atoms with Gasteiger partial charge in [0.2, 0.25) is 11.8 Å². The van der Waals surface area contributed by atoms with Crippen molar-refractivity contribution in [3.63, 3.8) is 0 Å². The number of aryl methyl sites for hydroxylation is 1. The molecule has 3 aromatic rings. The fourth-order valence-electron chi connectivity index (χ4n) is 7.37. The predicted molar refractivity (Wildman–Crippen MR) is 183 cm³/mol. The lowest BCUT2D eigenvalue weighted by atomic mass is 9.93. The van der Waals surface area contributed by atoms with E-state index in [1.807, 2.05) is 29.2 Å². The van der Waals surface area contributed by atoms with Gasteiger partial charge in [0.1, 0.15) is 5.54 Å². The monoisotopic (exact) mass is 644 g/mol. The van der Waals surface area contributed by atoms with Gasteiger partial charge < -0.3 is 25.2 Å². The Labute approximate surface area is 276 Å². The predicted octanol–water partition coefficient (Wildman–Crippen LogP) is 5.33. The van der Waals surface area contributed by atoms with Crippen molar-refractivity contribution in [2.24, 2.45) is 5.92 Å². The highest BCUT2D eigenvalue weighted by Crippen LogP contribution is 2.33. The highest BCUT2D eigenvalue weighted by atomic mass is 32.1. The van der Waals surface area contributed by atoms with Crippen LogP contribution in [0.3, 0.4) is 0 Å². The quantitative estimate of drug-likeness (QED) is 0.295. The molecule has 1 aromatic heterocycles. The second kappa shape index (κ2) is 15.1. The molecule has 3 heterocycles. The second-order valence-electron chi connectivity index (χ2n) is 13.5. The fraction of sp³-hybridized carbons (Fsp3) is 0.541. The number of benzene rings is 2. The van der Waals surface area contributed by atoms with Crippen LogP contribution in [-0.4, -0.2) is 85.0 Å². The third-order valence-electron chi connectivity index (χ3n) is 10.1. The average molecular weight is 645 g/mol. The van der Waals surface area contributed by atoms with Crippen LogP contribution in [0, 0.1) is 12.8 Å². The molecule has 3 aliphatic rings. The van der Waals surface area contributed by atoms with Gasteiger partial charge in [0.15, 0.2) is 0 Å². The number of morpholine rings is 1. The van der Waals surface area contributed by atoms with Gasteiger partial charge in [-0.1, -0.05) is 55.3 Å². The van der Waals surface area contributed by atoms with E-state index in [9.17, 15) is 14.4 Å². The van der Waals surface area contributed by atoms with Gasteiger partial charge in [0, 0.05) is 29.7 Å². The minimum absolute atomic E-state index is 0.0305. The molecule has 0 radical (unpaired) electrons. The van der Waals surface area contributed by atoms with Crippen LogP contribution in [0.15, 0.2) is 54.6 Å². The van der Waals surface area contributed by atoms with Gasteiger partial charge in [-0.15, -0.1) is 11.3 Å². The Morgan fingerprint density at radius 1 is 0.978 bits per heavy atom. The third-order valence-corrected chi connectivity index (χ3v) is 11.2. The van der Waals surface area contributed by atoms with Crippen LogP contribution in [0.4, 0.5) is 0 Å². The molecule has 46 heavy (non-hydrogen) atoms. The first kappa shape index (κ1) is 32.7. The number of hydrogen-bond acceptors (Lipinski definition) is 6. The largest absolute Gasteiger partial charge is 0.378 e. The summed E-state index contributed by atoms with van der Waals surface area (Å²) in [6, 6.07) is 18.5. The Bertz CT molecular complexity index is 1490. The average Bonchev–Trinajstić information content (AvgIpc) is 3.73. The lowest BCUT2D eigenvalue weighted by Gasteiger charge is -2.35. The highest BCUT2D eigenvalue weighted by molar-refractivity contribution is 7.20. The minimum atomic E-state index is -0.882. The number of nitrogens with one attached hydrogen (secondary N) is 2. The number of likely N-dealkylation sites (tertiary alicyclic amines) is 1. The molecule has 0 bridgehead atoms. The summed E-state index contributed by atoms with van der Waals surface area (Å²) in [5.41, 5.74) is 1.48. The van der Waals surface area contributed by atoms with E-state index in [2.05, 4.69) is 52.8 Å². The molecule has 0 spiro atoms. The first-order valence-electron chi connectivity index (χ1n) is 17.1. The first-order chi connectivity index (χ1) is 22.4. The van der Waals surface area contributed by atoms with E-state index in [0.29, 0.717) is 49.9 Å². The summed E-state index contributed by atoms with van der Waals surface area (Å²) in [6.07, 6.45) is 7.54. The Balaban J connectivity index is 1.06. The number of hydrogen-bond donors (Lipinski definition) is 2. The summed E-state index contributed by atoms with van der Waals surface area (Å²) < 4.78 is 6.50. The molecule has 9 heteroatoms. The number of piperidine rings is 1. The van der Waals surface area contributed by atoms with E-state index in [-0.39, 0.29) is 23.8 Å². The van der Waals surface area contributed by atoms with E-state index in [1.54, 1.807) is 0 Å². The fourth-order valence-corrected chi connectivity index (χ4v) is 8.43. The molecule has 2 aromatic carbocycles. The molecule has 3 amide bonds. The van der Waals surface area contributed by atoms with Crippen LogP contribution >= 0.6 is 11.3 Å². The van der Waals surface area contributed by atoms with E-state index in [0.717, 1.165) is 74.7 Å². The number of carbonyl (C=O) groups excluding carboxylic acids is 3. The van der Waals surface area contributed by atoms with Crippen LogP contribution in [0.2, 0.25) is 0 Å². The minimum Gasteiger partial charge on any atom is -0.378 e. The van der Waals surface area contributed by atoms with Crippen molar-refractivity contribution < 1.29 is 19.1 Å². The molecule has 2 aliphatic heterocycles. The topological polar surface area (TPSA) is 91.0 Å². The molecule has 246 valence electrons. The molecular weight excluding hydrogens is 596 g/mol. The second-order valence-corrected chi connectivity index (χ2v) is 14.5. The summed E-state index contributed by atoms with van der Waals surface area (Å²) in [7, 11) is 0. The van der Waals surface area contributed by atoms with Gasteiger partial charge in [0.25, 0.3) is 5.91 Å². The van der Waals surface area contributed by atoms with Gasteiger partial charge in [-0.3, -0.25) is 14.4 Å². The van der Waals surface area contributed by atoms with Crippen molar-refractivity contribution in [1.29, 1.82) is 0 Å². The van der Waals surface area contributed by atoms with Crippen LogP contribution in [-0.2, 0) is 20.7 Å². The molecule has 2 N–H and O–H groups in total. The Hall–Kier alpha value is -3.27. The van der Waals surface area contributed by atoms with Gasteiger partial charge >= 0.3 is 0 Å². The Morgan fingerprint density at radius 3 is 2.46 bits per heavy atom. The zero-order chi connectivity index (χ0) is 31.9. The lowest BCUT2D eigenvalue weighted by molar-refractivity contribution is -0.141. The molecule has 1 aliphatic carbocycles. The number of rotatable bonds is 11. The summed E-state index contributed by atoms with van der Waals surface area (Å²) in [6.45, 7) is 7.58. The first-order valence-corrected chi connectivity index (χ1v) is 18.0. The van der Waals surface area contributed by atoms with Crippen molar-refractivity contribution >= 4 is 39.1 Å². The smallest absolute Gasteiger partial charge is 0.262 e. The van der Waals surface area contributed by atoms with Gasteiger partial charge in [-0.2, -0.15) is 0 Å². The zero-order valence-electron chi connectivity index (χ0n) is 27.1. The number of thiophene rings is 1. The van der Waals surface area contributed by atoms with Gasteiger partial charge in [-0.05, 0) is 100 Å². The summed E-state index contributed by atoms with van der Waals surface area (Å²) in [4.78, 5) is 45.7. The van der Waals surface area contributed by atoms with Crippen molar-refractivity contribution in [3.8, 4) is 0 Å². The SMILES string of the molecule is Cc1ccc2cc(C(=O)NC3(C(=O)N[C@@H](CCCN4CCC(C(=O)N5CCOCC5)CC4)Cc4ccccc4)CCCC3)sc2c1. The van der Waals surface area contributed by atoms with E-state index in [1.165, 1.54) is 22.5 Å². The third kappa shape index (κ3) is 7.99. The van der Waals surface area contributed by atoms with Crippen molar-refractivity contribution in [3.05, 3.63) is 70.6 Å². The molecular formula is C37H48N4O4S. The maximum Gasteiger partial charge on any atom is 0.262 e. The lowest BCUT2D eigenvalue weighted by Crippen LogP contribution is -2.59. The standard InChI is InChI=1S/C37H48N4O4S/c1-27-11-12-30-26-33(46-32(30)24-27)34(42)39-37(15-5-6-16-37)36(44)38-31(25-28-8-3-2-4-9-28)10-7-17-40-18-13-29(14-19-40)35(43)41-20-22-45-23-21-41/h2-4,8-9,11-12,24,26,29,31H,5-7,10,13-23,25H2,1H3,(H,38,44)(H,39,42)/t31-/m0/s1.